The van der Waals surface area contributed by atoms with Crippen molar-refractivity contribution < 1.29 is 9.90 Å². The van der Waals surface area contributed by atoms with Gasteiger partial charge in [-0.15, -0.1) is 0 Å². The Balaban J connectivity index is 2.64. The van der Waals surface area contributed by atoms with Crippen molar-refractivity contribution in [1.82, 2.24) is 5.32 Å². The number of nitrogens with two attached hydrogens (primary N) is 1. The number of rotatable bonds is 4. The van der Waals surface area contributed by atoms with Crippen LogP contribution in [0.1, 0.15) is 28.4 Å². The van der Waals surface area contributed by atoms with E-state index in [1.807, 2.05) is 32.0 Å². The average Bonchev–Trinajstić information content (AvgIpc) is 2.23. The van der Waals surface area contributed by atoms with E-state index in [1.165, 1.54) is 0 Å². The van der Waals surface area contributed by atoms with Gasteiger partial charge in [-0.2, -0.15) is 0 Å². The highest BCUT2D eigenvalue weighted by Gasteiger charge is 2.12. The van der Waals surface area contributed by atoms with Crippen LogP contribution in [0.2, 0.25) is 0 Å². The molecule has 1 amide bonds. The Hall–Kier alpha value is -1.39. The summed E-state index contributed by atoms with van der Waals surface area (Å²) >= 11 is 0. The minimum atomic E-state index is -0.630. The van der Waals surface area contributed by atoms with Crippen LogP contribution in [0.5, 0.6) is 0 Å². The van der Waals surface area contributed by atoms with Crippen LogP contribution < -0.4 is 11.1 Å². The molecule has 0 aliphatic carbocycles. The summed E-state index contributed by atoms with van der Waals surface area (Å²) in [5.74, 6) is -0.159. The van der Waals surface area contributed by atoms with Crippen molar-refractivity contribution >= 4 is 5.91 Å². The normalized spacial score (nSPS) is 14.2. The van der Waals surface area contributed by atoms with E-state index < -0.39 is 12.1 Å². The molecular weight excluding hydrogens is 216 g/mol. The maximum absolute atomic E-state index is 11.8. The highest BCUT2D eigenvalue weighted by Crippen LogP contribution is 2.08. The Morgan fingerprint density at radius 3 is 2.35 bits per heavy atom. The quantitative estimate of drug-likeness (QED) is 0.722. The van der Waals surface area contributed by atoms with E-state index in [2.05, 4.69) is 5.32 Å². The van der Waals surface area contributed by atoms with Crippen molar-refractivity contribution in [2.24, 2.45) is 5.73 Å². The third kappa shape index (κ3) is 4.17. The number of aryl methyl sites for hydroxylation is 2. The second-order valence-electron chi connectivity index (χ2n) is 4.49. The second-order valence-corrected chi connectivity index (χ2v) is 4.49. The molecule has 4 nitrogen and oxygen atoms in total. The maximum Gasteiger partial charge on any atom is 0.251 e. The second kappa shape index (κ2) is 5.80. The Morgan fingerprint density at radius 2 is 1.88 bits per heavy atom. The summed E-state index contributed by atoms with van der Waals surface area (Å²) in [6.07, 6.45) is -0.630. The van der Waals surface area contributed by atoms with Gasteiger partial charge in [0, 0.05) is 18.2 Å². The number of carbonyl (C=O) groups excluding carboxylic acids is 1. The molecule has 0 aliphatic heterocycles. The van der Waals surface area contributed by atoms with E-state index >= 15 is 0 Å². The first-order valence-corrected chi connectivity index (χ1v) is 5.70. The minimum absolute atomic E-state index is 0.159. The van der Waals surface area contributed by atoms with E-state index in [4.69, 9.17) is 5.73 Å². The van der Waals surface area contributed by atoms with Gasteiger partial charge in [-0.05, 0) is 32.9 Å². The van der Waals surface area contributed by atoms with E-state index in [0.29, 0.717) is 5.56 Å². The van der Waals surface area contributed by atoms with Crippen LogP contribution in [-0.4, -0.2) is 29.7 Å². The Bertz CT molecular complexity index is 382. The fourth-order valence-electron chi connectivity index (χ4n) is 1.59. The van der Waals surface area contributed by atoms with Gasteiger partial charge in [0.25, 0.3) is 5.91 Å². The van der Waals surface area contributed by atoms with Crippen molar-refractivity contribution in [2.75, 3.05) is 6.54 Å². The van der Waals surface area contributed by atoms with Gasteiger partial charge in [-0.25, -0.2) is 0 Å². The lowest BCUT2D eigenvalue weighted by atomic mass is 10.1. The fraction of sp³-hybridized carbons (Fsp3) is 0.462. The number of amides is 1. The molecule has 2 atom stereocenters. The first kappa shape index (κ1) is 13.7. The van der Waals surface area contributed by atoms with Crippen molar-refractivity contribution in [3.05, 3.63) is 34.9 Å². The molecule has 1 rings (SSSR count). The van der Waals surface area contributed by atoms with Crippen LogP contribution in [0.15, 0.2) is 18.2 Å². The monoisotopic (exact) mass is 236 g/mol. The summed E-state index contributed by atoms with van der Waals surface area (Å²) in [5.41, 5.74) is 8.37. The summed E-state index contributed by atoms with van der Waals surface area (Å²) in [5, 5.41) is 11.9. The van der Waals surface area contributed by atoms with Crippen LogP contribution in [0.4, 0.5) is 0 Å². The highest BCUT2D eigenvalue weighted by atomic mass is 16.3. The molecule has 1 aromatic carbocycles. The lowest BCUT2D eigenvalue weighted by molar-refractivity contribution is 0.0937. The van der Waals surface area contributed by atoms with Gasteiger partial charge in [0.05, 0.1) is 6.10 Å². The summed E-state index contributed by atoms with van der Waals surface area (Å²) in [6, 6.07) is 5.23. The van der Waals surface area contributed by atoms with E-state index in [1.54, 1.807) is 6.92 Å². The largest absolute Gasteiger partial charge is 0.392 e. The molecular formula is C13H20N2O2. The summed E-state index contributed by atoms with van der Waals surface area (Å²) in [4.78, 5) is 11.8. The maximum atomic E-state index is 11.8. The zero-order valence-corrected chi connectivity index (χ0v) is 10.5. The summed E-state index contributed by atoms with van der Waals surface area (Å²) in [7, 11) is 0. The third-order valence-electron chi connectivity index (χ3n) is 2.60. The van der Waals surface area contributed by atoms with Gasteiger partial charge >= 0.3 is 0 Å². The Morgan fingerprint density at radius 1 is 1.35 bits per heavy atom. The number of nitrogens with one attached hydrogen (secondary N) is 1. The number of hydrogen-bond acceptors (Lipinski definition) is 3. The van der Waals surface area contributed by atoms with Crippen LogP contribution in [-0.2, 0) is 0 Å². The first-order valence-electron chi connectivity index (χ1n) is 5.70. The molecule has 4 N–H and O–H groups in total. The van der Waals surface area contributed by atoms with Crippen molar-refractivity contribution in [3.8, 4) is 0 Å². The average molecular weight is 236 g/mol. The van der Waals surface area contributed by atoms with Gasteiger partial charge in [0.2, 0.25) is 0 Å². The number of aliphatic hydroxyl groups excluding tert-OH is 1. The summed E-state index contributed by atoms with van der Waals surface area (Å²) in [6.45, 7) is 5.77. The third-order valence-corrected chi connectivity index (χ3v) is 2.60. The SMILES string of the molecule is Cc1cc(C)cc(C(=O)NCC(N)C(C)O)c1. The molecule has 0 radical (unpaired) electrons. The lowest BCUT2D eigenvalue weighted by Crippen LogP contribution is -2.43. The predicted octanol–water partition coefficient (Wildman–Crippen LogP) is 0.741. The Labute approximate surface area is 102 Å². The molecule has 0 bridgehead atoms. The predicted molar refractivity (Wildman–Crippen MR) is 67.9 cm³/mol. The van der Waals surface area contributed by atoms with Crippen molar-refractivity contribution in [3.63, 3.8) is 0 Å². The number of aliphatic hydroxyl groups is 1. The molecule has 94 valence electrons. The van der Waals surface area contributed by atoms with E-state index in [0.717, 1.165) is 11.1 Å². The van der Waals surface area contributed by atoms with Crippen LogP contribution >= 0.6 is 0 Å². The molecule has 0 fully saturated rings. The van der Waals surface area contributed by atoms with Crippen molar-refractivity contribution in [2.45, 2.75) is 32.9 Å². The number of carbonyl (C=O) groups is 1. The van der Waals surface area contributed by atoms with Gasteiger partial charge < -0.3 is 16.2 Å². The lowest BCUT2D eigenvalue weighted by Gasteiger charge is -2.15. The van der Waals surface area contributed by atoms with Gasteiger partial charge in [-0.1, -0.05) is 17.2 Å². The molecule has 17 heavy (non-hydrogen) atoms. The van der Waals surface area contributed by atoms with Crippen LogP contribution in [0, 0.1) is 13.8 Å². The zero-order chi connectivity index (χ0) is 13.0. The van der Waals surface area contributed by atoms with Crippen LogP contribution in [0.25, 0.3) is 0 Å². The number of benzene rings is 1. The van der Waals surface area contributed by atoms with E-state index in [-0.39, 0.29) is 12.5 Å². The zero-order valence-electron chi connectivity index (χ0n) is 10.5. The van der Waals surface area contributed by atoms with E-state index in [9.17, 15) is 9.90 Å². The molecule has 0 saturated carbocycles. The van der Waals surface area contributed by atoms with Gasteiger partial charge in [0.1, 0.15) is 0 Å². The Kier molecular flexibility index (Phi) is 4.66. The molecule has 0 aromatic heterocycles. The first-order chi connectivity index (χ1) is 7.90. The topological polar surface area (TPSA) is 75.4 Å². The standard InChI is InChI=1S/C13H20N2O2/c1-8-4-9(2)6-11(5-8)13(17)15-7-12(14)10(3)16/h4-6,10,12,16H,7,14H2,1-3H3,(H,15,17). The van der Waals surface area contributed by atoms with Crippen LogP contribution in [0.3, 0.4) is 0 Å². The fourth-order valence-corrected chi connectivity index (χ4v) is 1.59. The molecule has 0 saturated heterocycles. The minimum Gasteiger partial charge on any atom is -0.392 e. The smallest absolute Gasteiger partial charge is 0.251 e. The molecule has 4 heteroatoms. The van der Waals surface area contributed by atoms with Crippen molar-refractivity contribution in [1.29, 1.82) is 0 Å². The molecule has 0 spiro atoms. The number of hydrogen-bond donors (Lipinski definition) is 3. The highest BCUT2D eigenvalue weighted by molar-refractivity contribution is 5.94. The molecule has 0 heterocycles. The van der Waals surface area contributed by atoms with Gasteiger partial charge in [0.15, 0.2) is 0 Å². The molecule has 2 unspecified atom stereocenters. The molecule has 1 aromatic rings. The molecule has 0 aliphatic rings. The summed E-state index contributed by atoms with van der Waals surface area (Å²) < 4.78 is 0. The van der Waals surface area contributed by atoms with Gasteiger partial charge in [-0.3, -0.25) is 4.79 Å².